The molecule has 1 aromatic carbocycles. The van der Waals surface area contributed by atoms with Crippen LogP contribution >= 0.6 is 0 Å². The summed E-state index contributed by atoms with van der Waals surface area (Å²) in [5.41, 5.74) is 4.62. The molecule has 0 heterocycles. The fourth-order valence-electron chi connectivity index (χ4n) is 2.03. The normalized spacial score (nSPS) is 19.2. The molecule has 0 bridgehead atoms. The van der Waals surface area contributed by atoms with E-state index in [0.717, 1.165) is 12.8 Å². The standard InChI is InChI=1S/C12H16FNO2/c1-16-9-4-5-10(11(13)6-9)12(15,7-14)8-2-3-8/h4-6,8,15H,2-3,7,14H2,1H3. The Morgan fingerprint density at radius 1 is 1.56 bits per heavy atom. The van der Waals surface area contributed by atoms with E-state index < -0.39 is 11.4 Å². The highest BCUT2D eigenvalue weighted by Crippen LogP contribution is 2.46. The molecule has 16 heavy (non-hydrogen) atoms. The number of rotatable bonds is 4. The molecular weight excluding hydrogens is 209 g/mol. The van der Waals surface area contributed by atoms with Gasteiger partial charge in [0.25, 0.3) is 0 Å². The topological polar surface area (TPSA) is 55.5 Å². The van der Waals surface area contributed by atoms with Gasteiger partial charge in [-0.1, -0.05) is 0 Å². The predicted octanol–water partition coefficient (Wildman–Crippen LogP) is 1.39. The van der Waals surface area contributed by atoms with E-state index in [9.17, 15) is 9.50 Å². The lowest BCUT2D eigenvalue weighted by Gasteiger charge is -2.27. The van der Waals surface area contributed by atoms with Crippen LogP contribution in [-0.2, 0) is 5.60 Å². The van der Waals surface area contributed by atoms with E-state index >= 15 is 0 Å². The third-order valence-corrected chi connectivity index (χ3v) is 3.21. The van der Waals surface area contributed by atoms with Crippen LogP contribution < -0.4 is 10.5 Å². The second-order valence-electron chi connectivity index (χ2n) is 4.25. The lowest BCUT2D eigenvalue weighted by molar-refractivity contribution is 0.0187. The molecule has 4 heteroatoms. The van der Waals surface area contributed by atoms with Crippen LogP contribution in [0.25, 0.3) is 0 Å². The van der Waals surface area contributed by atoms with Crippen LogP contribution in [0.3, 0.4) is 0 Å². The lowest BCUT2D eigenvalue weighted by Crippen LogP contribution is -2.38. The van der Waals surface area contributed by atoms with Crippen molar-refractivity contribution in [2.75, 3.05) is 13.7 Å². The maximum absolute atomic E-state index is 13.8. The summed E-state index contributed by atoms with van der Waals surface area (Å²) in [6, 6.07) is 4.47. The molecule has 1 aromatic rings. The maximum Gasteiger partial charge on any atom is 0.133 e. The molecule has 2 rings (SSSR count). The lowest BCUT2D eigenvalue weighted by atomic mass is 9.88. The van der Waals surface area contributed by atoms with Gasteiger partial charge in [-0.25, -0.2) is 4.39 Å². The first-order valence-electron chi connectivity index (χ1n) is 5.38. The van der Waals surface area contributed by atoms with E-state index in [1.165, 1.54) is 13.2 Å². The van der Waals surface area contributed by atoms with E-state index in [1.54, 1.807) is 12.1 Å². The van der Waals surface area contributed by atoms with Crippen molar-refractivity contribution in [3.05, 3.63) is 29.6 Å². The molecule has 0 amide bonds. The van der Waals surface area contributed by atoms with Gasteiger partial charge in [-0.2, -0.15) is 0 Å². The summed E-state index contributed by atoms with van der Waals surface area (Å²) in [4.78, 5) is 0. The molecule has 0 aliphatic heterocycles. The summed E-state index contributed by atoms with van der Waals surface area (Å²) in [5.74, 6) is 0.0658. The molecule has 1 aliphatic carbocycles. The van der Waals surface area contributed by atoms with Gasteiger partial charge in [0.2, 0.25) is 0 Å². The fourth-order valence-corrected chi connectivity index (χ4v) is 2.03. The summed E-state index contributed by atoms with van der Waals surface area (Å²) in [7, 11) is 1.48. The van der Waals surface area contributed by atoms with Gasteiger partial charge in [0.15, 0.2) is 0 Å². The first-order chi connectivity index (χ1) is 7.61. The molecule has 1 atom stereocenters. The summed E-state index contributed by atoms with van der Waals surface area (Å²) < 4.78 is 18.7. The van der Waals surface area contributed by atoms with Crippen molar-refractivity contribution in [3.63, 3.8) is 0 Å². The van der Waals surface area contributed by atoms with E-state index in [0.29, 0.717) is 5.75 Å². The third-order valence-electron chi connectivity index (χ3n) is 3.21. The van der Waals surface area contributed by atoms with Crippen molar-refractivity contribution in [1.29, 1.82) is 0 Å². The Hall–Kier alpha value is -1.13. The molecule has 1 aliphatic rings. The Morgan fingerprint density at radius 2 is 2.25 bits per heavy atom. The maximum atomic E-state index is 13.8. The minimum atomic E-state index is -1.23. The summed E-state index contributed by atoms with van der Waals surface area (Å²) >= 11 is 0. The molecular formula is C12H16FNO2. The monoisotopic (exact) mass is 225 g/mol. The molecule has 1 fully saturated rings. The molecule has 88 valence electrons. The minimum Gasteiger partial charge on any atom is -0.497 e. The van der Waals surface area contributed by atoms with Crippen LogP contribution in [0, 0.1) is 11.7 Å². The van der Waals surface area contributed by atoms with Gasteiger partial charge in [0.1, 0.15) is 17.2 Å². The predicted molar refractivity (Wildman–Crippen MR) is 58.6 cm³/mol. The largest absolute Gasteiger partial charge is 0.497 e. The Balaban J connectivity index is 2.38. The van der Waals surface area contributed by atoms with Crippen molar-refractivity contribution >= 4 is 0 Å². The Bertz CT molecular complexity index is 393. The zero-order valence-electron chi connectivity index (χ0n) is 9.24. The molecule has 0 saturated heterocycles. The number of ether oxygens (including phenoxy) is 1. The van der Waals surface area contributed by atoms with Gasteiger partial charge in [-0.15, -0.1) is 0 Å². The smallest absolute Gasteiger partial charge is 0.133 e. The zero-order chi connectivity index (χ0) is 11.8. The molecule has 1 unspecified atom stereocenters. The number of halogens is 1. The van der Waals surface area contributed by atoms with Crippen molar-refractivity contribution < 1.29 is 14.2 Å². The van der Waals surface area contributed by atoms with Crippen LogP contribution in [0.4, 0.5) is 4.39 Å². The summed E-state index contributed by atoms with van der Waals surface area (Å²) in [6.45, 7) is 0.0426. The van der Waals surface area contributed by atoms with Crippen molar-refractivity contribution in [3.8, 4) is 5.75 Å². The van der Waals surface area contributed by atoms with Gasteiger partial charge in [-0.3, -0.25) is 0 Å². The SMILES string of the molecule is COc1ccc(C(O)(CN)C2CC2)c(F)c1. The highest BCUT2D eigenvalue weighted by Gasteiger charge is 2.45. The summed E-state index contributed by atoms with van der Waals surface area (Å²) in [5, 5.41) is 10.4. The van der Waals surface area contributed by atoms with Gasteiger partial charge < -0.3 is 15.6 Å². The van der Waals surface area contributed by atoms with Gasteiger partial charge in [0, 0.05) is 18.2 Å². The van der Waals surface area contributed by atoms with Crippen molar-refractivity contribution in [1.82, 2.24) is 0 Å². The van der Waals surface area contributed by atoms with Crippen LogP contribution in [0.1, 0.15) is 18.4 Å². The molecule has 3 nitrogen and oxygen atoms in total. The first-order valence-corrected chi connectivity index (χ1v) is 5.38. The highest BCUT2D eigenvalue weighted by atomic mass is 19.1. The Labute approximate surface area is 94.0 Å². The molecule has 0 aromatic heterocycles. The van der Waals surface area contributed by atoms with E-state index in [2.05, 4.69) is 0 Å². The van der Waals surface area contributed by atoms with Crippen LogP contribution in [0.5, 0.6) is 5.75 Å². The zero-order valence-corrected chi connectivity index (χ0v) is 9.24. The van der Waals surface area contributed by atoms with Gasteiger partial charge in [-0.05, 0) is 30.9 Å². The van der Waals surface area contributed by atoms with Crippen LogP contribution in [-0.4, -0.2) is 18.8 Å². The average Bonchev–Trinajstić information content (AvgIpc) is 3.12. The number of hydrogen-bond acceptors (Lipinski definition) is 3. The van der Waals surface area contributed by atoms with Crippen molar-refractivity contribution in [2.24, 2.45) is 11.7 Å². The quantitative estimate of drug-likeness (QED) is 0.814. The number of aliphatic hydroxyl groups is 1. The molecule has 1 saturated carbocycles. The number of hydrogen-bond donors (Lipinski definition) is 2. The van der Waals surface area contributed by atoms with E-state index in [4.69, 9.17) is 10.5 Å². The average molecular weight is 225 g/mol. The van der Waals surface area contributed by atoms with E-state index in [-0.39, 0.29) is 18.0 Å². The Kier molecular flexibility index (Phi) is 2.86. The number of nitrogens with two attached hydrogens (primary N) is 1. The second-order valence-corrected chi connectivity index (χ2v) is 4.25. The molecule has 0 radical (unpaired) electrons. The van der Waals surface area contributed by atoms with Crippen LogP contribution in [0.15, 0.2) is 18.2 Å². The van der Waals surface area contributed by atoms with Crippen LogP contribution in [0.2, 0.25) is 0 Å². The number of benzene rings is 1. The summed E-state index contributed by atoms with van der Waals surface area (Å²) in [6.07, 6.45) is 1.80. The van der Waals surface area contributed by atoms with Crippen molar-refractivity contribution in [2.45, 2.75) is 18.4 Å². The highest BCUT2D eigenvalue weighted by molar-refractivity contribution is 5.34. The second kappa shape index (κ2) is 4.03. The van der Waals surface area contributed by atoms with Gasteiger partial charge >= 0.3 is 0 Å². The van der Waals surface area contributed by atoms with Gasteiger partial charge in [0.05, 0.1) is 7.11 Å². The first kappa shape index (κ1) is 11.4. The third kappa shape index (κ3) is 1.79. The van der Waals surface area contributed by atoms with E-state index in [1.807, 2.05) is 0 Å². The number of methoxy groups -OCH3 is 1. The Morgan fingerprint density at radius 3 is 2.69 bits per heavy atom. The fraction of sp³-hybridized carbons (Fsp3) is 0.500. The minimum absolute atomic E-state index is 0.0426. The molecule has 0 spiro atoms. The molecule has 3 N–H and O–H groups in total.